The van der Waals surface area contributed by atoms with E-state index in [9.17, 15) is 0 Å². The van der Waals surface area contributed by atoms with Crippen molar-refractivity contribution >= 4 is 60.1 Å². The van der Waals surface area contributed by atoms with Gasteiger partial charge < -0.3 is 0 Å². The predicted octanol–water partition coefficient (Wildman–Crippen LogP) is 2.40. The van der Waals surface area contributed by atoms with Gasteiger partial charge in [0.15, 0.2) is 0 Å². The van der Waals surface area contributed by atoms with Crippen molar-refractivity contribution in [3.05, 3.63) is 38.8 Å². The zero-order valence-electron chi connectivity index (χ0n) is 10.9. The molecule has 0 fully saturated rings. The van der Waals surface area contributed by atoms with Gasteiger partial charge in [-0.2, -0.15) is 0 Å². The number of hydrogen-bond acceptors (Lipinski definition) is 6. The molecule has 3 heterocycles. The Morgan fingerprint density at radius 2 is 2.10 bits per heavy atom. The predicted molar refractivity (Wildman–Crippen MR) is 86.1 cm³/mol. The second-order valence-electron chi connectivity index (χ2n) is 4.12. The molecule has 101 valence electrons. The van der Waals surface area contributed by atoms with E-state index in [1.54, 1.807) is 28.2 Å². The van der Waals surface area contributed by atoms with Crippen molar-refractivity contribution in [3.8, 4) is 0 Å². The molecule has 0 unspecified atom stereocenters. The normalized spacial score (nSPS) is 17.6. The van der Waals surface area contributed by atoms with Gasteiger partial charge in [-0.25, -0.2) is 0 Å². The number of aliphatic imine (C=N–C) groups is 2. The SMILES string of the molecule is CCCc1ccn(C2=NC(=C3SC=CS3)N=C2[O][InH])n1. The first-order valence-corrected chi connectivity index (χ1v) is 9.60. The Hall–Kier alpha value is -0.600. The third-order valence-electron chi connectivity index (χ3n) is 2.70. The van der Waals surface area contributed by atoms with Crippen LogP contribution in [0.5, 0.6) is 0 Å². The standard InChI is InChI=1S/C12H12N4OS2.In.H/c1-2-3-8-4-5-16(15-8)10-11(17)14-9(13-10)12-18-6-7-19-12;;/h4-7H,2-3H2,1H3,(H,14,17);;/q;+1;/p-1. The molecule has 5 nitrogen and oxygen atoms in total. The first-order chi connectivity index (χ1) is 9.81. The van der Waals surface area contributed by atoms with Gasteiger partial charge in [0.05, 0.1) is 0 Å². The topological polar surface area (TPSA) is 51.8 Å². The van der Waals surface area contributed by atoms with Crippen LogP contribution >= 0.6 is 23.5 Å². The maximum atomic E-state index is 5.49. The van der Waals surface area contributed by atoms with E-state index in [0.717, 1.165) is 28.6 Å². The Kier molecular flexibility index (Phi) is 4.62. The van der Waals surface area contributed by atoms with Crippen LogP contribution in [0.15, 0.2) is 43.1 Å². The Morgan fingerprint density at radius 1 is 1.30 bits per heavy atom. The second kappa shape index (κ2) is 6.45. The summed E-state index contributed by atoms with van der Waals surface area (Å²) in [6.07, 6.45) is 3.97. The van der Waals surface area contributed by atoms with Crippen LogP contribution in [-0.2, 0) is 9.28 Å². The Balaban J connectivity index is 1.93. The van der Waals surface area contributed by atoms with Crippen LogP contribution in [0.3, 0.4) is 0 Å². The molecule has 0 N–H and O–H groups in total. The van der Waals surface area contributed by atoms with Gasteiger partial charge in [0.1, 0.15) is 0 Å². The summed E-state index contributed by atoms with van der Waals surface area (Å²) in [5.41, 5.74) is 1.07. The molecule has 0 amide bonds. The Labute approximate surface area is 140 Å². The van der Waals surface area contributed by atoms with Gasteiger partial charge >= 0.3 is 141 Å². The van der Waals surface area contributed by atoms with E-state index < -0.39 is 0 Å². The summed E-state index contributed by atoms with van der Waals surface area (Å²) in [7, 11) is 0. The summed E-state index contributed by atoms with van der Waals surface area (Å²) in [6.45, 7) is 2.14. The van der Waals surface area contributed by atoms with E-state index in [1.165, 1.54) is 0 Å². The molecule has 20 heavy (non-hydrogen) atoms. The fourth-order valence-electron chi connectivity index (χ4n) is 1.84. The first-order valence-electron chi connectivity index (χ1n) is 6.19. The molecule has 1 aromatic rings. The van der Waals surface area contributed by atoms with Gasteiger partial charge in [-0.15, -0.1) is 0 Å². The van der Waals surface area contributed by atoms with Gasteiger partial charge in [0.2, 0.25) is 0 Å². The minimum absolute atomic E-state index is 0.351. The minimum atomic E-state index is 0.351. The summed E-state index contributed by atoms with van der Waals surface area (Å²) in [5, 5.41) is 8.60. The van der Waals surface area contributed by atoms with Gasteiger partial charge in [-0.3, -0.25) is 0 Å². The zero-order chi connectivity index (χ0) is 13.9. The molecule has 2 aliphatic rings. The van der Waals surface area contributed by atoms with Crippen LogP contribution in [0.2, 0.25) is 0 Å². The molecule has 3 rings (SSSR count). The Morgan fingerprint density at radius 3 is 2.80 bits per heavy atom. The Bertz CT molecular complexity index is 638. The van der Waals surface area contributed by atoms with Crippen LogP contribution in [0, 0.1) is 0 Å². The number of nitrogens with zero attached hydrogens (tertiary/aromatic N) is 4. The molecule has 0 aliphatic carbocycles. The summed E-state index contributed by atoms with van der Waals surface area (Å²) < 4.78 is 8.34. The summed E-state index contributed by atoms with van der Waals surface area (Å²) >= 11 is 3.63. The summed E-state index contributed by atoms with van der Waals surface area (Å²) in [5.74, 6) is 1.99. The van der Waals surface area contributed by atoms with Crippen LogP contribution in [0.25, 0.3) is 0 Å². The molecule has 0 bridgehead atoms. The van der Waals surface area contributed by atoms with Gasteiger partial charge in [-0.1, -0.05) is 0 Å². The maximum absolute atomic E-state index is 5.49. The molecule has 1 aromatic heterocycles. The molecular formula is C12H12InN4OS2. The molecule has 8 heteroatoms. The van der Waals surface area contributed by atoms with Crippen molar-refractivity contribution in [1.29, 1.82) is 0 Å². The average molecular weight is 407 g/mol. The van der Waals surface area contributed by atoms with E-state index in [2.05, 4.69) is 22.0 Å². The number of hydrogen-bond donors (Lipinski definition) is 0. The van der Waals surface area contributed by atoms with E-state index in [0.29, 0.717) is 36.5 Å². The number of aromatic nitrogens is 2. The second-order valence-corrected chi connectivity index (χ2v) is 7.03. The van der Waals surface area contributed by atoms with Crippen molar-refractivity contribution < 1.29 is 2.85 Å². The van der Waals surface area contributed by atoms with Crippen molar-refractivity contribution in [1.82, 2.24) is 9.78 Å². The number of thioether (sulfide) groups is 2. The quantitative estimate of drug-likeness (QED) is 0.756. The van der Waals surface area contributed by atoms with Crippen LogP contribution in [0.4, 0.5) is 0 Å². The summed E-state index contributed by atoms with van der Waals surface area (Å²) in [4.78, 5) is 9.05. The van der Waals surface area contributed by atoms with E-state index in [4.69, 9.17) is 2.85 Å². The van der Waals surface area contributed by atoms with Gasteiger partial charge in [-0.05, 0) is 0 Å². The molecule has 1 radical (unpaired) electrons. The third kappa shape index (κ3) is 2.87. The monoisotopic (exact) mass is 407 g/mol. The molecule has 0 saturated carbocycles. The van der Waals surface area contributed by atoms with E-state index in [-0.39, 0.29) is 0 Å². The molecule has 0 aromatic carbocycles. The van der Waals surface area contributed by atoms with Gasteiger partial charge in [0, 0.05) is 0 Å². The molecule has 0 spiro atoms. The average Bonchev–Trinajstić information content (AvgIpc) is 3.18. The van der Waals surface area contributed by atoms with E-state index in [1.807, 2.05) is 23.1 Å². The fourth-order valence-corrected chi connectivity index (χ4v) is 4.03. The number of rotatable bonds is 2. The van der Waals surface area contributed by atoms with Gasteiger partial charge in [0.25, 0.3) is 0 Å². The van der Waals surface area contributed by atoms with Crippen molar-refractivity contribution in [2.75, 3.05) is 0 Å². The van der Waals surface area contributed by atoms with Crippen molar-refractivity contribution in [2.24, 2.45) is 9.98 Å². The molecular weight excluding hydrogens is 395 g/mol. The van der Waals surface area contributed by atoms with Crippen molar-refractivity contribution in [3.63, 3.8) is 0 Å². The molecule has 0 saturated heterocycles. The fraction of sp³-hybridized carbons (Fsp3) is 0.250. The van der Waals surface area contributed by atoms with Crippen molar-refractivity contribution in [2.45, 2.75) is 19.8 Å². The van der Waals surface area contributed by atoms with Crippen LogP contribution in [-0.4, -0.2) is 46.3 Å². The first kappa shape index (κ1) is 14.3. The third-order valence-corrected chi connectivity index (χ3v) is 5.57. The van der Waals surface area contributed by atoms with Crippen LogP contribution in [0.1, 0.15) is 19.0 Å². The van der Waals surface area contributed by atoms with E-state index >= 15 is 0 Å². The zero-order valence-corrected chi connectivity index (χ0v) is 16.6. The molecule has 2 aliphatic heterocycles. The van der Waals surface area contributed by atoms with Crippen LogP contribution < -0.4 is 0 Å². The number of aryl methyl sites for hydroxylation is 1. The summed E-state index contributed by atoms with van der Waals surface area (Å²) in [6, 6.07) is 2.02. The molecule has 0 atom stereocenters.